The largest absolute Gasteiger partial charge is 0.456 e. The van der Waals surface area contributed by atoms with E-state index in [9.17, 15) is 0 Å². The van der Waals surface area contributed by atoms with Gasteiger partial charge in [-0.15, -0.1) is 0 Å². The van der Waals surface area contributed by atoms with Gasteiger partial charge in [-0.25, -0.2) is 0 Å². The lowest BCUT2D eigenvalue weighted by atomic mass is 9.77. The van der Waals surface area contributed by atoms with Crippen LogP contribution in [0.1, 0.15) is 103 Å². The molecule has 2 heterocycles. The van der Waals surface area contributed by atoms with Crippen LogP contribution in [-0.2, 0) is 21.7 Å². The van der Waals surface area contributed by atoms with Gasteiger partial charge >= 0.3 is 0 Å². The molecule has 2 aliphatic carbocycles. The standard InChI is InChI=1S/C62H55NO2/c1-59(2,3)37-33-46-55-53(65-58(46)50(34-37)60(4,5)6)32-31-45-54-48(62(9,10)56(45)55)22-16-23-51(54)63(39-29-30-42-41-17-11-13-21-47(41)61(7,8)49(42)35-39)38-27-25-36(26-28-38)40-19-15-20-44-43-18-12-14-24-52(43)64-57(40)44/h11-35H,1-10H3. The lowest BCUT2D eigenvalue weighted by Gasteiger charge is -2.30. The first-order valence-corrected chi connectivity index (χ1v) is 23.3. The smallest absolute Gasteiger partial charge is 0.143 e. The average molecular weight is 846 g/mol. The van der Waals surface area contributed by atoms with Crippen LogP contribution < -0.4 is 4.90 Å². The molecule has 0 unspecified atom stereocenters. The van der Waals surface area contributed by atoms with Gasteiger partial charge in [0.15, 0.2) is 0 Å². The Morgan fingerprint density at radius 3 is 1.88 bits per heavy atom. The van der Waals surface area contributed by atoms with Crippen molar-refractivity contribution in [2.24, 2.45) is 0 Å². The van der Waals surface area contributed by atoms with Gasteiger partial charge in [0, 0.05) is 60.4 Å². The minimum atomic E-state index is -0.307. The Hall–Kier alpha value is -6.84. The van der Waals surface area contributed by atoms with E-state index in [0.717, 1.165) is 61.3 Å². The Kier molecular flexibility index (Phi) is 8.17. The molecule has 0 radical (unpaired) electrons. The molecule has 3 nitrogen and oxygen atoms in total. The first-order chi connectivity index (χ1) is 31.0. The molecule has 12 rings (SSSR count). The van der Waals surface area contributed by atoms with Crippen LogP contribution >= 0.6 is 0 Å². The van der Waals surface area contributed by atoms with E-state index >= 15 is 0 Å². The van der Waals surface area contributed by atoms with Crippen molar-refractivity contribution in [3.63, 3.8) is 0 Å². The summed E-state index contributed by atoms with van der Waals surface area (Å²) < 4.78 is 13.5. The highest BCUT2D eigenvalue weighted by atomic mass is 16.3. The van der Waals surface area contributed by atoms with Crippen LogP contribution in [0.2, 0.25) is 0 Å². The van der Waals surface area contributed by atoms with E-state index in [-0.39, 0.29) is 21.7 Å². The molecule has 10 aromatic rings. The Morgan fingerprint density at radius 2 is 1.09 bits per heavy atom. The first kappa shape index (κ1) is 39.7. The third-order valence-electron chi connectivity index (χ3n) is 14.9. The third kappa shape index (κ3) is 5.67. The van der Waals surface area contributed by atoms with Crippen LogP contribution in [0.5, 0.6) is 0 Å². The molecule has 0 amide bonds. The number of hydrogen-bond donors (Lipinski definition) is 0. The van der Waals surface area contributed by atoms with Crippen molar-refractivity contribution in [1.29, 1.82) is 0 Å². The summed E-state index contributed by atoms with van der Waals surface area (Å²) in [7, 11) is 0. The quantitative estimate of drug-likeness (QED) is 0.177. The lowest BCUT2D eigenvalue weighted by molar-refractivity contribution is 0.559. The summed E-state index contributed by atoms with van der Waals surface area (Å²) in [5, 5.41) is 4.72. The predicted molar refractivity (Wildman–Crippen MR) is 274 cm³/mol. The Morgan fingerprint density at radius 1 is 0.446 bits per heavy atom. The number of nitrogens with zero attached hydrogens (tertiary/aromatic N) is 1. The van der Waals surface area contributed by atoms with E-state index in [1.807, 2.05) is 6.07 Å². The van der Waals surface area contributed by atoms with Crippen molar-refractivity contribution in [2.75, 3.05) is 4.90 Å². The fourth-order valence-corrected chi connectivity index (χ4v) is 11.5. The topological polar surface area (TPSA) is 29.5 Å². The summed E-state index contributed by atoms with van der Waals surface area (Å²) in [5.74, 6) is 0. The second-order valence-electron chi connectivity index (χ2n) is 21.8. The van der Waals surface area contributed by atoms with Gasteiger partial charge in [-0.3, -0.25) is 0 Å². The van der Waals surface area contributed by atoms with Crippen LogP contribution in [0.4, 0.5) is 17.1 Å². The zero-order valence-corrected chi connectivity index (χ0v) is 39.2. The van der Waals surface area contributed by atoms with Crippen molar-refractivity contribution >= 4 is 60.9 Å². The zero-order valence-electron chi connectivity index (χ0n) is 39.2. The number of anilines is 3. The summed E-state index contributed by atoms with van der Waals surface area (Å²) in [6, 6.07) is 56.3. The number of rotatable bonds is 4. The van der Waals surface area contributed by atoms with Crippen molar-refractivity contribution < 1.29 is 8.83 Å². The second kappa shape index (κ2) is 13.4. The van der Waals surface area contributed by atoms with Crippen LogP contribution in [0.3, 0.4) is 0 Å². The average Bonchev–Trinajstić information content (AvgIpc) is 3.98. The number of furan rings is 2. The SMILES string of the molecule is CC(C)(C)c1cc(C(C)(C)C)c2oc3ccc4c(c3c2c1)C(C)(C)c1cccc(N(c2ccc(-c3cccc5c3oc3ccccc35)cc2)c2ccc3c(c2)C(C)(C)c2ccccc2-3)c1-4. The van der Waals surface area contributed by atoms with Gasteiger partial charge in [0.05, 0.1) is 5.69 Å². The highest BCUT2D eigenvalue weighted by molar-refractivity contribution is 6.14. The molecule has 0 saturated heterocycles. The van der Waals surface area contributed by atoms with E-state index in [4.69, 9.17) is 8.83 Å². The summed E-state index contributed by atoms with van der Waals surface area (Å²) in [4.78, 5) is 2.50. The molecule has 2 aliphatic rings. The van der Waals surface area contributed by atoms with Crippen molar-refractivity contribution in [1.82, 2.24) is 0 Å². The van der Waals surface area contributed by atoms with E-state index < -0.39 is 0 Å². The summed E-state index contributed by atoms with van der Waals surface area (Å²) in [6.07, 6.45) is 0. The van der Waals surface area contributed by atoms with Crippen LogP contribution in [0.15, 0.2) is 160 Å². The third-order valence-corrected chi connectivity index (χ3v) is 14.9. The van der Waals surface area contributed by atoms with Gasteiger partial charge in [-0.2, -0.15) is 0 Å². The molecule has 0 atom stereocenters. The molecule has 2 aromatic heterocycles. The maximum absolute atomic E-state index is 6.97. The maximum Gasteiger partial charge on any atom is 0.143 e. The summed E-state index contributed by atoms with van der Waals surface area (Å²) in [6.45, 7) is 23.4. The van der Waals surface area contributed by atoms with E-state index in [1.54, 1.807) is 0 Å². The van der Waals surface area contributed by atoms with Gasteiger partial charge in [0.1, 0.15) is 22.3 Å². The summed E-state index contributed by atoms with van der Waals surface area (Å²) in [5.41, 5.74) is 21.9. The first-order valence-electron chi connectivity index (χ1n) is 23.3. The van der Waals surface area contributed by atoms with E-state index in [0.29, 0.717) is 0 Å². The number of benzene rings is 8. The second-order valence-corrected chi connectivity index (χ2v) is 21.8. The highest BCUT2D eigenvalue weighted by Gasteiger charge is 2.42. The van der Waals surface area contributed by atoms with Crippen molar-refractivity contribution in [2.45, 2.75) is 90.9 Å². The van der Waals surface area contributed by atoms with Crippen LogP contribution in [0.25, 0.3) is 77.3 Å². The Balaban J connectivity index is 1.09. The normalized spacial score (nSPS) is 14.9. The molecule has 8 aromatic carbocycles. The van der Waals surface area contributed by atoms with Crippen molar-refractivity contribution in [3.8, 4) is 33.4 Å². The molecular weight excluding hydrogens is 791 g/mol. The molecule has 0 bridgehead atoms. The minimum Gasteiger partial charge on any atom is -0.456 e. The van der Waals surface area contributed by atoms with Gasteiger partial charge in [-0.05, 0) is 109 Å². The maximum atomic E-state index is 6.97. The van der Waals surface area contributed by atoms with Crippen LogP contribution in [0, 0.1) is 0 Å². The van der Waals surface area contributed by atoms with E-state index in [1.165, 1.54) is 66.4 Å². The number of fused-ring (bicyclic) bond motifs is 13. The molecule has 3 heteroatoms. The molecule has 65 heavy (non-hydrogen) atoms. The predicted octanol–water partition coefficient (Wildman–Crippen LogP) is 17.8. The van der Waals surface area contributed by atoms with Crippen LogP contribution in [-0.4, -0.2) is 0 Å². The molecule has 320 valence electrons. The monoisotopic (exact) mass is 845 g/mol. The molecule has 0 saturated carbocycles. The van der Waals surface area contributed by atoms with Gasteiger partial charge < -0.3 is 13.7 Å². The molecule has 0 fully saturated rings. The fourth-order valence-electron chi connectivity index (χ4n) is 11.5. The number of para-hydroxylation sites is 2. The Labute approximate surface area is 382 Å². The molecular formula is C62H55NO2. The highest BCUT2D eigenvalue weighted by Crippen LogP contribution is 2.58. The molecule has 0 spiro atoms. The fraction of sp³-hybridized carbons (Fsp3) is 0.226. The van der Waals surface area contributed by atoms with Gasteiger partial charge in [0.25, 0.3) is 0 Å². The lowest BCUT2D eigenvalue weighted by Crippen LogP contribution is -2.18. The minimum absolute atomic E-state index is 0.0260. The Bertz CT molecular complexity index is 3610. The molecule has 0 N–H and O–H groups in total. The summed E-state index contributed by atoms with van der Waals surface area (Å²) >= 11 is 0. The van der Waals surface area contributed by atoms with Gasteiger partial charge in [0.2, 0.25) is 0 Å². The number of hydrogen-bond acceptors (Lipinski definition) is 3. The molecule has 0 aliphatic heterocycles. The van der Waals surface area contributed by atoms with E-state index in [2.05, 4.69) is 220 Å². The van der Waals surface area contributed by atoms with Crippen molar-refractivity contribution in [3.05, 3.63) is 185 Å². The van der Waals surface area contributed by atoms with Gasteiger partial charge in [-0.1, -0.05) is 172 Å². The zero-order chi connectivity index (χ0) is 44.9.